The topological polar surface area (TPSA) is 55.8 Å². The Kier molecular flexibility index (Phi) is 6.57. The van der Waals surface area contributed by atoms with Crippen LogP contribution in [0.4, 0.5) is 0 Å². The molecule has 1 heterocycles. The Bertz CT molecular complexity index is 670. The zero-order valence-electron chi connectivity index (χ0n) is 17.9. The molecule has 1 aromatic rings. The van der Waals surface area contributed by atoms with Crippen LogP contribution >= 0.6 is 0 Å². The van der Waals surface area contributed by atoms with E-state index >= 15 is 0 Å². The Morgan fingerprint density at radius 1 is 1.07 bits per heavy atom. The predicted molar refractivity (Wildman–Crippen MR) is 116 cm³/mol. The molecule has 4 rings (SSSR count). The molecule has 0 radical (unpaired) electrons. The molecule has 0 aromatic heterocycles. The molecule has 0 bridgehead atoms. The van der Waals surface area contributed by atoms with Crippen molar-refractivity contribution in [3.8, 4) is 0 Å². The minimum absolute atomic E-state index is 0.0806. The third-order valence-electron chi connectivity index (χ3n) is 7.47. The maximum absolute atomic E-state index is 12.4. The second-order valence-electron chi connectivity index (χ2n) is 9.62. The van der Waals surface area contributed by atoms with E-state index in [0.717, 1.165) is 51.9 Å². The highest BCUT2D eigenvalue weighted by atomic mass is 16.3. The summed E-state index contributed by atoms with van der Waals surface area (Å²) in [6, 6.07) is 10.9. The van der Waals surface area contributed by atoms with Crippen molar-refractivity contribution in [1.29, 1.82) is 0 Å². The Morgan fingerprint density at radius 2 is 1.76 bits per heavy atom. The Labute approximate surface area is 175 Å². The monoisotopic (exact) mass is 399 g/mol. The van der Waals surface area contributed by atoms with Crippen LogP contribution in [0.3, 0.4) is 0 Å². The van der Waals surface area contributed by atoms with Gasteiger partial charge in [0.25, 0.3) is 0 Å². The molecule has 2 saturated carbocycles. The first-order chi connectivity index (χ1) is 14.1. The smallest absolute Gasteiger partial charge is 0.220 e. The van der Waals surface area contributed by atoms with Crippen LogP contribution < -0.4 is 5.32 Å². The lowest BCUT2D eigenvalue weighted by atomic mass is 9.74. The molecule has 1 saturated heterocycles. The SMILES string of the molecule is CN1CCN([C@H]2CC[C@](CNC(=O)CC3CC3)(c3ccccc3)CC[C@@H]2O)CC1. The fourth-order valence-corrected chi connectivity index (χ4v) is 5.22. The summed E-state index contributed by atoms with van der Waals surface area (Å²) in [5, 5.41) is 14.3. The van der Waals surface area contributed by atoms with Crippen LogP contribution in [-0.2, 0) is 10.2 Å². The quantitative estimate of drug-likeness (QED) is 0.722. The van der Waals surface area contributed by atoms with Gasteiger partial charge in [-0.3, -0.25) is 9.69 Å². The summed E-state index contributed by atoms with van der Waals surface area (Å²) in [6.45, 7) is 4.91. The van der Waals surface area contributed by atoms with E-state index in [0.29, 0.717) is 18.9 Å². The highest BCUT2D eigenvalue weighted by molar-refractivity contribution is 5.76. The van der Waals surface area contributed by atoms with Crippen LogP contribution in [0.2, 0.25) is 0 Å². The van der Waals surface area contributed by atoms with Crippen molar-refractivity contribution in [2.75, 3.05) is 39.8 Å². The standard InChI is InChI=1S/C24H37N3O2/c1-26-13-15-27(16-14-26)21-9-11-24(12-10-22(21)28,20-5-3-2-4-6-20)18-25-23(29)17-19-7-8-19/h2-6,19,21-22,28H,7-18H2,1H3,(H,25,29)/t21-,22-,24-/m0/s1. The third-order valence-corrected chi connectivity index (χ3v) is 7.47. The van der Waals surface area contributed by atoms with Crippen LogP contribution in [0, 0.1) is 5.92 Å². The Balaban J connectivity index is 1.47. The van der Waals surface area contributed by atoms with E-state index in [4.69, 9.17) is 0 Å². The van der Waals surface area contributed by atoms with Gasteiger partial charge in [-0.1, -0.05) is 30.3 Å². The van der Waals surface area contributed by atoms with Gasteiger partial charge in [-0.15, -0.1) is 0 Å². The molecule has 0 unspecified atom stereocenters. The van der Waals surface area contributed by atoms with Crippen molar-refractivity contribution in [3.05, 3.63) is 35.9 Å². The average molecular weight is 400 g/mol. The molecule has 1 aliphatic heterocycles. The van der Waals surface area contributed by atoms with Gasteiger partial charge in [0.1, 0.15) is 0 Å². The maximum atomic E-state index is 12.4. The van der Waals surface area contributed by atoms with E-state index < -0.39 is 0 Å². The van der Waals surface area contributed by atoms with Crippen LogP contribution in [-0.4, -0.2) is 72.7 Å². The van der Waals surface area contributed by atoms with Gasteiger partial charge in [0, 0.05) is 50.6 Å². The van der Waals surface area contributed by atoms with Crippen molar-refractivity contribution in [1.82, 2.24) is 15.1 Å². The summed E-state index contributed by atoms with van der Waals surface area (Å²) in [4.78, 5) is 17.3. The second kappa shape index (κ2) is 9.15. The molecule has 3 fully saturated rings. The van der Waals surface area contributed by atoms with Gasteiger partial charge in [0.2, 0.25) is 5.91 Å². The maximum Gasteiger partial charge on any atom is 0.220 e. The minimum atomic E-state index is -0.286. The number of nitrogens with zero attached hydrogens (tertiary/aromatic N) is 2. The molecule has 5 heteroatoms. The summed E-state index contributed by atoms with van der Waals surface area (Å²) in [5.41, 5.74) is 1.22. The number of aliphatic hydroxyl groups excluding tert-OH is 1. The van der Waals surface area contributed by atoms with E-state index in [2.05, 4.69) is 52.5 Å². The summed E-state index contributed by atoms with van der Waals surface area (Å²) in [5.74, 6) is 0.809. The summed E-state index contributed by atoms with van der Waals surface area (Å²) in [6.07, 6.45) is 6.51. The van der Waals surface area contributed by atoms with E-state index in [1.165, 1.54) is 18.4 Å². The first-order valence-electron chi connectivity index (χ1n) is 11.5. The number of aliphatic hydroxyl groups is 1. The van der Waals surface area contributed by atoms with Gasteiger partial charge < -0.3 is 15.3 Å². The van der Waals surface area contributed by atoms with Crippen molar-refractivity contribution in [2.24, 2.45) is 5.92 Å². The van der Waals surface area contributed by atoms with Gasteiger partial charge >= 0.3 is 0 Å². The van der Waals surface area contributed by atoms with Crippen molar-refractivity contribution < 1.29 is 9.90 Å². The number of benzene rings is 1. The number of hydrogen-bond acceptors (Lipinski definition) is 4. The van der Waals surface area contributed by atoms with Gasteiger partial charge in [0.05, 0.1) is 6.10 Å². The van der Waals surface area contributed by atoms with E-state index in [-0.39, 0.29) is 23.5 Å². The normalized spacial score (nSPS) is 31.9. The van der Waals surface area contributed by atoms with Crippen LogP contribution in [0.25, 0.3) is 0 Å². The molecule has 1 aromatic carbocycles. The first-order valence-corrected chi connectivity index (χ1v) is 11.5. The molecule has 2 aliphatic carbocycles. The van der Waals surface area contributed by atoms with E-state index in [1.54, 1.807) is 0 Å². The van der Waals surface area contributed by atoms with Gasteiger partial charge in [0.15, 0.2) is 0 Å². The lowest BCUT2D eigenvalue weighted by molar-refractivity contribution is -0.121. The molecular weight excluding hydrogens is 362 g/mol. The molecule has 29 heavy (non-hydrogen) atoms. The number of likely N-dealkylation sites (N-methyl/N-ethyl adjacent to an activating group) is 1. The summed E-state index contributed by atoms with van der Waals surface area (Å²) >= 11 is 0. The number of amides is 1. The van der Waals surface area contributed by atoms with Crippen molar-refractivity contribution in [3.63, 3.8) is 0 Å². The lowest BCUT2D eigenvalue weighted by Gasteiger charge is -2.39. The molecule has 3 aliphatic rings. The average Bonchev–Trinajstić information content (AvgIpc) is 3.56. The van der Waals surface area contributed by atoms with Crippen molar-refractivity contribution in [2.45, 2.75) is 62.5 Å². The number of carbonyl (C=O) groups excluding carboxylic acids is 1. The Morgan fingerprint density at radius 3 is 2.45 bits per heavy atom. The van der Waals surface area contributed by atoms with Gasteiger partial charge in [-0.05, 0) is 57.1 Å². The summed E-state index contributed by atoms with van der Waals surface area (Å²) in [7, 11) is 2.17. The third kappa shape index (κ3) is 5.19. The fraction of sp³-hybridized carbons (Fsp3) is 0.708. The largest absolute Gasteiger partial charge is 0.391 e. The van der Waals surface area contributed by atoms with E-state index in [9.17, 15) is 9.90 Å². The van der Waals surface area contributed by atoms with Crippen LogP contribution in [0.1, 0.15) is 50.5 Å². The highest BCUT2D eigenvalue weighted by Crippen LogP contribution is 2.39. The molecule has 2 N–H and O–H groups in total. The Hall–Kier alpha value is -1.43. The molecule has 160 valence electrons. The van der Waals surface area contributed by atoms with Gasteiger partial charge in [-0.25, -0.2) is 0 Å². The minimum Gasteiger partial charge on any atom is -0.391 e. The van der Waals surface area contributed by atoms with E-state index in [1.807, 2.05) is 0 Å². The molecule has 0 spiro atoms. The lowest BCUT2D eigenvalue weighted by Crippen LogP contribution is -2.52. The first kappa shape index (κ1) is 20.8. The van der Waals surface area contributed by atoms with Gasteiger partial charge in [-0.2, -0.15) is 0 Å². The summed E-state index contributed by atoms with van der Waals surface area (Å²) < 4.78 is 0. The predicted octanol–water partition coefficient (Wildman–Crippen LogP) is 2.39. The molecular formula is C24H37N3O2. The molecule has 5 nitrogen and oxygen atoms in total. The number of rotatable bonds is 6. The molecule has 3 atom stereocenters. The number of nitrogens with one attached hydrogen (secondary N) is 1. The fourth-order valence-electron chi connectivity index (χ4n) is 5.22. The second-order valence-corrected chi connectivity index (χ2v) is 9.62. The zero-order chi connectivity index (χ0) is 20.3. The zero-order valence-corrected chi connectivity index (χ0v) is 17.9. The number of carbonyl (C=O) groups is 1. The van der Waals surface area contributed by atoms with Crippen LogP contribution in [0.15, 0.2) is 30.3 Å². The molecule has 1 amide bonds. The number of hydrogen-bond donors (Lipinski definition) is 2. The van der Waals surface area contributed by atoms with Crippen LogP contribution in [0.5, 0.6) is 0 Å². The van der Waals surface area contributed by atoms with Crippen molar-refractivity contribution >= 4 is 5.91 Å². The number of piperazine rings is 1. The highest BCUT2D eigenvalue weighted by Gasteiger charge is 2.40.